The predicted octanol–water partition coefficient (Wildman–Crippen LogP) is 0.479. The molecule has 0 aliphatic heterocycles. The maximum absolute atomic E-state index is 11.1. The smallest absolute Gasteiger partial charge is 0.350 e. The lowest BCUT2D eigenvalue weighted by atomic mass is 10.4. The third-order valence-corrected chi connectivity index (χ3v) is 2.12. The summed E-state index contributed by atoms with van der Waals surface area (Å²) in [4.78, 5) is 11.5. The van der Waals surface area contributed by atoms with E-state index in [1.807, 2.05) is 0 Å². The Morgan fingerprint density at radius 2 is 2.50 bits per heavy atom. The van der Waals surface area contributed by atoms with Crippen molar-refractivity contribution in [2.45, 2.75) is 0 Å². The monoisotopic (exact) mass is 187 g/mol. The molecule has 5 heteroatoms. The Labute approximate surface area is 73.6 Å². The van der Waals surface area contributed by atoms with E-state index in [0.29, 0.717) is 10.6 Å². The van der Waals surface area contributed by atoms with Gasteiger partial charge in [-0.25, -0.2) is 4.79 Å². The summed E-state index contributed by atoms with van der Waals surface area (Å²) in [6.45, 7) is -0.160. The van der Waals surface area contributed by atoms with Crippen molar-refractivity contribution in [2.75, 3.05) is 18.9 Å². The highest BCUT2D eigenvalue weighted by Crippen LogP contribution is 2.19. The summed E-state index contributed by atoms with van der Waals surface area (Å²) < 4.78 is 4.66. The lowest BCUT2D eigenvalue weighted by Gasteiger charge is -2.00. The van der Waals surface area contributed by atoms with Gasteiger partial charge in [-0.15, -0.1) is 11.3 Å². The van der Waals surface area contributed by atoms with Gasteiger partial charge in [-0.2, -0.15) is 0 Å². The number of aliphatic hydroxyl groups excluding tert-OH is 1. The SMILES string of the molecule is Nc1ccsc1C(=O)OCCO. The molecule has 0 unspecified atom stereocenters. The van der Waals surface area contributed by atoms with Crippen LogP contribution in [0.1, 0.15) is 9.67 Å². The molecule has 0 bridgehead atoms. The molecule has 1 aromatic heterocycles. The van der Waals surface area contributed by atoms with E-state index < -0.39 is 5.97 Å². The average molecular weight is 187 g/mol. The van der Waals surface area contributed by atoms with Crippen LogP contribution in [-0.4, -0.2) is 24.3 Å². The van der Waals surface area contributed by atoms with Crippen LogP contribution >= 0.6 is 11.3 Å². The normalized spacial score (nSPS) is 9.75. The van der Waals surface area contributed by atoms with Gasteiger partial charge < -0.3 is 15.6 Å². The highest BCUT2D eigenvalue weighted by Gasteiger charge is 2.11. The van der Waals surface area contributed by atoms with E-state index in [-0.39, 0.29) is 13.2 Å². The third-order valence-electron chi connectivity index (χ3n) is 1.21. The van der Waals surface area contributed by atoms with Gasteiger partial charge in [-0.1, -0.05) is 0 Å². The van der Waals surface area contributed by atoms with Crippen LogP contribution in [0, 0.1) is 0 Å². The lowest BCUT2D eigenvalue weighted by Crippen LogP contribution is -2.08. The number of rotatable bonds is 3. The number of esters is 1. The minimum absolute atomic E-state index is 0.0101. The summed E-state index contributed by atoms with van der Waals surface area (Å²) in [6.07, 6.45) is 0. The molecule has 0 aliphatic carbocycles. The Hall–Kier alpha value is -1.07. The number of hydrogen-bond acceptors (Lipinski definition) is 5. The second-order valence-corrected chi connectivity index (χ2v) is 2.98. The first kappa shape index (κ1) is 9.02. The van der Waals surface area contributed by atoms with Crippen molar-refractivity contribution in [2.24, 2.45) is 0 Å². The van der Waals surface area contributed by atoms with Crippen LogP contribution in [-0.2, 0) is 4.74 Å². The molecule has 0 atom stereocenters. The van der Waals surface area contributed by atoms with Gasteiger partial charge in [0.05, 0.1) is 12.3 Å². The fourth-order valence-electron chi connectivity index (χ4n) is 0.689. The van der Waals surface area contributed by atoms with Gasteiger partial charge in [0.1, 0.15) is 11.5 Å². The molecule has 3 N–H and O–H groups in total. The van der Waals surface area contributed by atoms with Crippen LogP contribution in [0.5, 0.6) is 0 Å². The van der Waals surface area contributed by atoms with Gasteiger partial charge in [0.25, 0.3) is 0 Å². The van der Waals surface area contributed by atoms with Crippen LogP contribution in [0.4, 0.5) is 5.69 Å². The standard InChI is InChI=1S/C7H9NO3S/c8-5-1-4-12-6(5)7(10)11-3-2-9/h1,4,9H,2-3,8H2. The molecule has 0 spiro atoms. The van der Waals surface area contributed by atoms with Gasteiger partial charge in [0.2, 0.25) is 0 Å². The first-order valence-corrected chi connectivity index (χ1v) is 4.24. The Morgan fingerprint density at radius 1 is 1.75 bits per heavy atom. The van der Waals surface area contributed by atoms with Crippen molar-refractivity contribution < 1.29 is 14.6 Å². The quantitative estimate of drug-likeness (QED) is 0.675. The second kappa shape index (κ2) is 4.08. The van der Waals surface area contributed by atoms with Crippen LogP contribution < -0.4 is 5.73 Å². The molecular formula is C7H9NO3S. The highest BCUT2D eigenvalue weighted by molar-refractivity contribution is 7.12. The number of aliphatic hydroxyl groups is 1. The van der Waals surface area contributed by atoms with Crippen LogP contribution in [0.15, 0.2) is 11.4 Å². The zero-order valence-corrected chi connectivity index (χ0v) is 7.13. The molecule has 1 rings (SSSR count). The van der Waals surface area contributed by atoms with Crippen LogP contribution in [0.3, 0.4) is 0 Å². The van der Waals surface area contributed by atoms with E-state index in [1.165, 1.54) is 11.3 Å². The first-order chi connectivity index (χ1) is 5.75. The first-order valence-electron chi connectivity index (χ1n) is 3.36. The number of anilines is 1. The number of nitrogens with two attached hydrogens (primary N) is 1. The molecule has 0 radical (unpaired) electrons. The number of thiophene rings is 1. The van der Waals surface area contributed by atoms with Gasteiger partial charge in [-0.3, -0.25) is 0 Å². The van der Waals surface area contributed by atoms with Crippen molar-refractivity contribution >= 4 is 23.0 Å². The molecule has 0 saturated heterocycles. The maximum atomic E-state index is 11.1. The fourth-order valence-corrected chi connectivity index (χ4v) is 1.40. The second-order valence-electron chi connectivity index (χ2n) is 2.06. The molecular weight excluding hydrogens is 178 g/mol. The van der Waals surface area contributed by atoms with Crippen molar-refractivity contribution in [3.8, 4) is 0 Å². The van der Waals surface area contributed by atoms with E-state index in [2.05, 4.69) is 4.74 Å². The molecule has 0 amide bonds. The molecule has 66 valence electrons. The number of nitrogen functional groups attached to an aromatic ring is 1. The molecule has 0 aliphatic rings. The van der Waals surface area contributed by atoms with Crippen LogP contribution in [0.25, 0.3) is 0 Å². The number of carbonyl (C=O) groups excluding carboxylic acids is 1. The minimum Gasteiger partial charge on any atom is -0.459 e. The number of hydrogen-bond donors (Lipinski definition) is 2. The van der Waals surface area contributed by atoms with Gasteiger partial charge in [0, 0.05) is 0 Å². The summed E-state index contributed by atoms with van der Waals surface area (Å²) in [7, 11) is 0. The van der Waals surface area contributed by atoms with Crippen molar-refractivity contribution in [3.05, 3.63) is 16.3 Å². The Morgan fingerprint density at radius 3 is 3.00 bits per heavy atom. The molecule has 4 nitrogen and oxygen atoms in total. The molecule has 0 fully saturated rings. The van der Waals surface area contributed by atoms with Crippen LogP contribution in [0.2, 0.25) is 0 Å². The van der Waals surface area contributed by atoms with Crippen molar-refractivity contribution in [1.29, 1.82) is 0 Å². The Kier molecular flexibility index (Phi) is 3.07. The van der Waals surface area contributed by atoms with Gasteiger partial charge in [-0.05, 0) is 11.4 Å². The fraction of sp³-hybridized carbons (Fsp3) is 0.286. The molecule has 1 aromatic rings. The molecule has 1 heterocycles. The van der Waals surface area contributed by atoms with E-state index in [9.17, 15) is 4.79 Å². The Balaban J connectivity index is 2.59. The topological polar surface area (TPSA) is 72.6 Å². The third kappa shape index (κ3) is 1.96. The largest absolute Gasteiger partial charge is 0.459 e. The maximum Gasteiger partial charge on any atom is 0.350 e. The summed E-state index contributed by atoms with van der Waals surface area (Å²) in [6, 6.07) is 1.64. The molecule has 12 heavy (non-hydrogen) atoms. The molecule has 0 saturated carbocycles. The van der Waals surface area contributed by atoms with Crippen molar-refractivity contribution in [3.63, 3.8) is 0 Å². The van der Waals surface area contributed by atoms with Gasteiger partial charge in [0.15, 0.2) is 0 Å². The summed E-state index contributed by atoms with van der Waals surface area (Å²) in [5, 5.41) is 10.1. The Bertz CT molecular complexity index is 271. The zero-order chi connectivity index (χ0) is 8.97. The lowest BCUT2D eigenvalue weighted by molar-refractivity contribution is 0.0440. The van der Waals surface area contributed by atoms with Gasteiger partial charge >= 0.3 is 5.97 Å². The predicted molar refractivity (Wildman–Crippen MR) is 46.1 cm³/mol. The summed E-state index contributed by atoms with van der Waals surface area (Å²) in [5.41, 5.74) is 5.88. The molecule has 0 aromatic carbocycles. The number of carbonyl (C=O) groups is 1. The van der Waals surface area contributed by atoms with E-state index >= 15 is 0 Å². The minimum atomic E-state index is -0.475. The highest BCUT2D eigenvalue weighted by atomic mass is 32.1. The van der Waals surface area contributed by atoms with E-state index in [0.717, 1.165) is 0 Å². The zero-order valence-electron chi connectivity index (χ0n) is 6.32. The van der Waals surface area contributed by atoms with Crippen molar-refractivity contribution in [1.82, 2.24) is 0 Å². The number of ether oxygens (including phenoxy) is 1. The summed E-state index contributed by atoms with van der Waals surface area (Å²) >= 11 is 1.23. The average Bonchev–Trinajstić information content (AvgIpc) is 2.47. The van der Waals surface area contributed by atoms with E-state index in [4.69, 9.17) is 10.8 Å². The van der Waals surface area contributed by atoms with E-state index in [1.54, 1.807) is 11.4 Å². The summed E-state index contributed by atoms with van der Waals surface area (Å²) in [5.74, 6) is -0.475.